The maximum Gasteiger partial charge on any atom is 0.341 e. The molecule has 0 unspecified atom stereocenters. The van der Waals surface area contributed by atoms with E-state index in [2.05, 4.69) is 4.74 Å². The Morgan fingerprint density at radius 2 is 0.677 bits per heavy atom. The van der Waals surface area contributed by atoms with Crippen LogP contribution in [0.15, 0.2) is 54.9 Å². The van der Waals surface area contributed by atoms with Gasteiger partial charge in [0.15, 0.2) is 95.4 Å². The molecular formula is C39H14BF20NO4. The molecule has 0 spiro atoms. The fourth-order valence-electron chi connectivity index (χ4n) is 6.58. The summed E-state index contributed by atoms with van der Waals surface area (Å²) < 4.78 is 300. The third-order valence-electron chi connectivity index (χ3n) is 9.37. The highest BCUT2D eigenvalue weighted by atomic mass is 19.2. The average Bonchev–Trinajstić information content (AvgIpc) is 3.28. The van der Waals surface area contributed by atoms with Gasteiger partial charge in [0.2, 0.25) is 0 Å². The van der Waals surface area contributed by atoms with Crippen molar-refractivity contribution in [2.45, 2.75) is 6.54 Å². The summed E-state index contributed by atoms with van der Waals surface area (Å²) in [4.78, 5) is 21.8. The quantitative estimate of drug-likeness (QED) is 0.0420. The van der Waals surface area contributed by atoms with Crippen molar-refractivity contribution in [2.24, 2.45) is 0 Å². The SMILES string of the molecule is Fc1c(F)c(F)c([B-](c2c(F)c(F)c(F)c(F)c2F)(c2c(F)c(F)c(F)c(F)c2F)c2c(F)c(F)c(F)c(F)c2F)c(F)c1F.O=C(O)COC(=O)c1cc[n+](Cc2ccccc2)cc1. The fourth-order valence-corrected chi connectivity index (χ4v) is 6.58. The standard InChI is InChI=1S/C24BF20.C15H13NO4/c26-5-1(6(27)14(35)21(42)13(5)34)25(2-7(28)15(36)22(43)16(37)8(2)29,3-9(30)17(38)23(44)18(39)10(3)31)4-11(32)19(40)24(45)20(41)12(4)33;17-14(18)11-20-15(19)13-6-8-16(9-7-13)10-12-4-2-1-3-5-12/h;1-9H,10-11H2/q-1;/p+1. The Bertz CT molecular complexity index is 2520. The summed E-state index contributed by atoms with van der Waals surface area (Å²) in [6.07, 6.45) is -3.71. The molecule has 0 saturated heterocycles. The van der Waals surface area contributed by atoms with E-state index >= 15 is 35.1 Å². The van der Waals surface area contributed by atoms with E-state index in [1.807, 2.05) is 34.9 Å². The summed E-state index contributed by atoms with van der Waals surface area (Å²) in [5.74, 6) is -73.2. The Kier molecular flexibility index (Phi) is 13.9. The summed E-state index contributed by atoms with van der Waals surface area (Å²) in [6, 6.07) is 13.1. The average molecular weight is 951 g/mol. The van der Waals surface area contributed by atoms with Crippen LogP contribution in [0.4, 0.5) is 87.8 Å². The number of aromatic nitrogens is 1. The van der Waals surface area contributed by atoms with Crippen molar-refractivity contribution in [1.29, 1.82) is 0 Å². The number of carboxylic acids is 1. The molecule has 342 valence electrons. The number of halogens is 20. The molecule has 1 heterocycles. The van der Waals surface area contributed by atoms with Crippen molar-refractivity contribution in [3.63, 3.8) is 0 Å². The molecule has 6 aromatic rings. The van der Waals surface area contributed by atoms with Gasteiger partial charge in [-0.1, -0.05) is 30.3 Å². The van der Waals surface area contributed by atoms with Gasteiger partial charge in [-0.2, -0.15) is 0 Å². The zero-order chi connectivity index (χ0) is 48.7. The summed E-state index contributed by atoms with van der Waals surface area (Å²) in [7, 11) is 0. The van der Waals surface area contributed by atoms with Gasteiger partial charge in [0, 0.05) is 17.7 Å². The van der Waals surface area contributed by atoms with Gasteiger partial charge in [-0.3, -0.25) is 0 Å². The van der Waals surface area contributed by atoms with E-state index in [4.69, 9.17) is 5.11 Å². The van der Waals surface area contributed by atoms with E-state index in [9.17, 15) is 62.3 Å². The van der Waals surface area contributed by atoms with Crippen LogP contribution in [0.2, 0.25) is 0 Å². The normalized spacial score (nSPS) is 11.4. The molecular weight excluding hydrogens is 937 g/mol. The number of carbonyl (C=O) groups is 2. The minimum absolute atomic E-state index is 0.329. The molecule has 1 N–H and O–H groups in total. The Balaban J connectivity index is 0.000000330. The first-order chi connectivity index (χ1) is 30.3. The third-order valence-corrected chi connectivity index (χ3v) is 9.37. The first-order valence-corrected chi connectivity index (χ1v) is 17.0. The maximum absolute atomic E-state index is 15.4. The van der Waals surface area contributed by atoms with Crippen LogP contribution in [-0.2, 0) is 16.1 Å². The van der Waals surface area contributed by atoms with Crippen molar-refractivity contribution >= 4 is 39.9 Å². The highest BCUT2D eigenvalue weighted by Gasteiger charge is 2.52. The second kappa shape index (κ2) is 18.5. The van der Waals surface area contributed by atoms with Crippen molar-refractivity contribution in [2.75, 3.05) is 6.61 Å². The molecule has 5 aromatic carbocycles. The van der Waals surface area contributed by atoms with E-state index < -0.39 is 163 Å². The lowest BCUT2D eigenvalue weighted by Gasteiger charge is -2.44. The molecule has 0 radical (unpaired) electrons. The van der Waals surface area contributed by atoms with Gasteiger partial charge in [0.05, 0.1) is 5.56 Å². The van der Waals surface area contributed by atoms with Gasteiger partial charge < -0.3 is 9.84 Å². The number of nitrogens with zero attached hydrogens (tertiary/aromatic N) is 1. The monoisotopic (exact) mass is 951 g/mol. The zero-order valence-corrected chi connectivity index (χ0v) is 30.9. The topological polar surface area (TPSA) is 67.5 Å². The smallest absolute Gasteiger partial charge is 0.341 e. The van der Waals surface area contributed by atoms with Crippen LogP contribution < -0.4 is 26.4 Å². The largest absolute Gasteiger partial charge is 0.479 e. The van der Waals surface area contributed by atoms with Gasteiger partial charge in [0.1, 0.15) is 52.7 Å². The number of carboxylic acid groups (broad SMARTS) is 1. The van der Waals surface area contributed by atoms with Crippen molar-refractivity contribution in [1.82, 2.24) is 0 Å². The molecule has 0 saturated carbocycles. The number of ether oxygens (including phenoxy) is 1. The zero-order valence-electron chi connectivity index (χ0n) is 30.9. The van der Waals surface area contributed by atoms with Crippen molar-refractivity contribution in [3.8, 4) is 0 Å². The summed E-state index contributed by atoms with van der Waals surface area (Å²) >= 11 is 0. The van der Waals surface area contributed by atoms with E-state index in [-0.39, 0.29) is 0 Å². The predicted molar refractivity (Wildman–Crippen MR) is 179 cm³/mol. The summed E-state index contributed by atoms with van der Waals surface area (Å²) in [6.45, 7) is 0.0725. The van der Waals surface area contributed by atoms with E-state index in [1.54, 1.807) is 24.5 Å². The molecule has 5 nitrogen and oxygen atoms in total. The van der Waals surface area contributed by atoms with Crippen LogP contribution in [0.25, 0.3) is 0 Å². The number of hydrogen-bond acceptors (Lipinski definition) is 3. The van der Waals surface area contributed by atoms with Crippen LogP contribution >= 0.6 is 0 Å². The first kappa shape index (κ1) is 48.9. The molecule has 0 amide bonds. The Hall–Kier alpha value is -7.15. The highest BCUT2D eigenvalue weighted by Crippen LogP contribution is 2.30. The minimum Gasteiger partial charge on any atom is -0.479 e. The van der Waals surface area contributed by atoms with Crippen LogP contribution in [0.1, 0.15) is 15.9 Å². The predicted octanol–water partition coefficient (Wildman–Crippen LogP) is 7.11. The van der Waals surface area contributed by atoms with Crippen LogP contribution in [-0.4, -0.2) is 29.8 Å². The molecule has 26 heteroatoms. The van der Waals surface area contributed by atoms with Crippen molar-refractivity contribution < 1.29 is 112 Å². The molecule has 0 atom stereocenters. The molecule has 6 rings (SSSR count). The van der Waals surface area contributed by atoms with E-state index in [0.29, 0.717) is 12.1 Å². The maximum atomic E-state index is 15.4. The Morgan fingerprint density at radius 3 is 0.938 bits per heavy atom. The number of pyridine rings is 1. The number of rotatable bonds is 9. The third kappa shape index (κ3) is 8.27. The van der Waals surface area contributed by atoms with Crippen molar-refractivity contribution in [3.05, 3.63) is 182 Å². The first-order valence-electron chi connectivity index (χ1n) is 17.0. The Labute approximate surface area is 347 Å². The number of carbonyl (C=O) groups excluding carboxylic acids is 1. The minimum atomic E-state index is -7.22. The lowest BCUT2D eigenvalue weighted by Crippen LogP contribution is -2.81. The van der Waals surface area contributed by atoms with Gasteiger partial charge in [-0.15, -0.1) is 21.9 Å². The van der Waals surface area contributed by atoms with Crippen LogP contribution in [0.3, 0.4) is 0 Å². The van der Waals surface area contributed by atoms with Gasteiger partial charge >= 0.3 is 11.9 Å². The van der Waals surface area contributed by atoms with E-state index in [1.165, 1.54) is 0 Å². The van der Waals surface area contributed by atoms with E-state index in [0.717, 1.165) is 5.56 Å². The molecule has 0 bridgehead atoms. The lowest BCUT2D eigenvalue weighted by molar-refractivity contribution is -0.688. The van der Waals surface area contributed by atoms with Crippen LogP contribution in [0.5, 0.6) is 0 Å². The number of benzene rings is 5. The molecule has 0 aliphatic rings. The molecule has 0 aliphatic heterocycles. The highest BCUT2D eigenvalue weighted by molar-refractivity contribution is 7.20. The number of esters is 1. The van der Waals surface area contributed by atoms with Crippen LogP contribution in [0, 0.1) is 116 Å². The van der Waals surface area contributed by atoms with Gasteiger partial charge in [-0.25, -0.2) is 102 Å². The molecule has 1 aromatic heterocycles. The fraction of sp³-hybridized carbons (Fsp3) is 0.0513. The van der Waals surface area contributed by atoms with Gasteiger partial charge in [0.25, 0.3) is 0 Å². The van der Waals surface area contributed by atoms with Gasteiger partial charge in [-0.05, 0) is 0 Å². The Morgan fingerprint density at radius 1 is 0.415 bits per heavy atom. The molecule has 0 fully saturated rings. The second-order valence-electron chi connectivity index (χ2n) is 13.0. The summed E-state index contributed by atoms with van der Waals surface area (Å²) in [5, 5.41) is 8.44. The molecule has 0 aliphatic carbocycles. The number of aliphatic carboxylic acids is 1. The summed E-state index contributed by atoms with van der Waals surface area (Å²) in [5.41, 5.74) is -12.8. The number of hydrogen-bond donors (Lipinski definition) is 1. The lowest BCUT2D eigenvalue weighted by atomic mass is 9.12. The second-order valence-corrected chi connectivity index (χ2v) is 13.0. The molecule has 65 heavy (non-hydrogen) atoms.